The second kappa shape index (κ2) is 59.9. The maximum absolute atomic E-state index is 11.2. The van der Waals surface area contributed by atoms with E-state index in [1.54, 1.807) is 6.92 Å². The second-order valence-electron chi connectivity index (χ2n) is 8.37. The number of halogens is 4. The summed E-state index contributed by atoms with van der Waals surface area (Å²) in [4.78, 5) is 13.3. The van der Waals surface area contributed by atoms with Gasteiger partial charge in [0.1, 0.15) is 11.0 Å². The summed E-state index contributed by atoms with van der Waals surface area (Å²) in [6.07, 6.45) is 0. The summed E-state index contributed by atoms with van der Waals surface area (Å²) in [6.45, 7) is 32.0. The molecular weight excluding hydrogens is 1110 g/mol. The Balaban J connectivity index is -0.0000000245. The predicted octanol–water partition coefficient (Wildman–Crippen LogP) is -3.85. The molecule has 3 N–H and O–H groups in total. The number of nitrogens with one attached hydrogen (secondary N) is 1. The Bertz CT molecular complexity index is 532. The van der Waals surface area contributed by atoms with Gasteiger partial charge in [0.15, 0.2) is 0 Å². The summed E-state index contributed by atoms with van der Waals surface area (Å²) in [5.41, 5.74) is 5.62. The third kappa shape index (κ3) is 118. The largest absolute Gasteiger partial charge is 1.00 e. The van der Waals surface area contributed by atoms with Crippen molar-refractivity contribution in [3.8, 4) is 0 Å². The molecule has 0 spiro atoms. The number of hydrogen-bond acceptors (Lipinski definition) is 4. The van der Waals surface area contributed by atoms with Crippen LogP contribution in [-0.4, -0.2) is 53.8 Å². The third-order valence-electron chi connectivity index (χ3n) is 1.63. The molecule has 0 bridgehead atoms. The van der Waals surface area contributed by atoms with Crippen LogP contribution in [0.2, 0.25) is 0 Å². The van der Waals surface area contributed by atoms with E-state index < -0.39 is 22.0 Å². The number of alkyl halides is 4. The van der Waals surface area contributed by atoms with Gasteiger partial charge < -0.3 is 38.2 Å². The molecule has 40 heavy (non-hydrogen) atoms. The molecular formula is C24H55I4K4N3O3S2. The average molecular weight is 1160 g/mol. The van der Waals surface area contributed by atoms with Gasteiger partial charge in [0.2, 0.25) is 0 Å². The van der Waals surface area contributed by atoms with Crippen molar-refractivity contribution in [3.63, 3.8) is 0 Å². The Labute approximate surface area is 482 Å². The first kappa shape index (κ1) is 82.3. The number of nitrogens with zero attached hydrogens (tertiary/aromatic N) is 1. The summed E-state index contributed by atoms with van der Waals surface area (Å²) in [7, 11) is -2.12. The Morgan fingerprint density at radius 3 is 1.10 bits per heavy atom. The fourth-order valence-electron chi connectivity index (χ4n) is 0.638. The molecule has 0 aliphatic rings. The van der Waals surface area contributed by atoms with Crippen molar-refractivity contribution in [1.82, 2.24) is 4.72 Å². The van der Waals surface area contributed by atoms with E-state index in [4.69, 9.17) is 5.73 Å². The van der Waals surface area contributed by atoms with E-state index in [1.165, 1.54) is 9.36 Å². The Morgan fingerprint density at radius 2 is 1.05 bits per heavy atom. The fourth-order valence-corrected chi connectivity index (χ4v) is 1.91. The van der Waals surface area contributed by atoms with Gasteiger partial charge in [-0.3, -0.25) is 4.72 Å². The topological polar surface area (TPSA) is 102 Å². The third-order valence-corrected chi connectivity index (χ3v) is 4.88. The van der Waals surface area contributed by atoms with Crippen molar-refractivity contribution in [3.05, 3.63) is 27.7 Å². The fraction of sp³-hybridized carbons (Fsp3) is 0.750. The molecule has 0 aliphatic heterocycles. The standard InChI is InChI=1S/C7H16NOS.C7H14NOS.C3H8N.C3H5O.CH2I2.2CH3I.CH4.4K/c2*1-6(2)8-10(9)7(3,4)5;2*1-3(2)4;2-1-3;2*1-2;;;;;/h6,8H,1H2,2-5H3;1H2,2-5H3;3H,1,4H2,2H3;1H2,2H3;1H2;2*1H3;1H4;;;;/q4*-1;;;;;4*+1. The molecule has 4 atom stereocenters. The zero-order valence-electron chi connectivity index (χ0n) is 27.8. The second-order valence-corrected chi connectivity index (χ2v) is 16.7. The van der Waals surface area contributed by atoms with Gasteiger partial charge in [-0.05, 0) is 64.1 Å². The summed E-state index contributed by atoms with van der Waals surface area (Å²) in [5, 5.41) is 0. The quantitative estimate of drug-likeness (QED) is 0.0996. The molecule has 0 radical (unpaired) electrons. The van der Waals surface area contributed by atoms with Gasteiger partial charge in [-0.1, -0.05) is 119 Å². The van der Waals surface area contributed by atoms with Crippen LogP contribution in [0.15, 0.2) is 4.40 Å². The maximum Gasteiger partial charge on any atom is 1.00 e. The zero-order chi connectivity index (χ0) is 30.6. The molecule has 0 aliphatic carbocycles. The number of carbonyl (C=O) groups excluding carboxylic acids is 1. The van der Waals surface area contributed by atoms with Gasteiger partial charge in [0.05, 0.1) is 22.9 Å². The molecule has 0 fully saturated rings. The van der Waals surface area contributed by atoms with Gasteiger partial charge >= 0.3 is 206 Å². The van der Waals surface area contributed by atoms with E-state index in [0.717, 1.165) is 0 Å². The van der Waals surface area contributed by atoms with Crippen LogP contribution in [-0.2, 0) is 26.8 Å². The van der Waals surface area contributed by atoms with Crippen LogP contribution in [0.3, 0.4) is 0 Å². The van der Waals surface area contributed by atoms with Gasteiger partial charge in [-0.15, -0.1) is 17.8 Å². The molecule has 4 unspecified atom stereocenters. The van der Waals surface area contributed by atoms with Crippen molar-refractivity contribution in [1.29, 1.82) is 0 Å². The minimum atomic E-state index is -1.14. The van der Waals surface area contributed by atoms with Crippen LogP contribution < -0.4 is 216 Å². The van der Waals surface area contributed by atoms with Gasteiger partial charge in [0, 0.05) is 0 Å². The molecule has 228 valence electrons. The summed E-state index contributed by atoms with van der Waals surface area (Å²) < 4.78 is 29.8. The van der Waals surface area contributed by atoms with Crippen molar-refractivity contribution in [2.75, 3.05) is 12.3 Å². The summed E-state index contributed by atoms with van der Waals surface area (Å²) >= 11 is 8.85. The number of rotatable bonds is 3. The molecule has 0 rings (SSSR count). The smallest absolute Gasteiger partial charge is 0.360 e. The molecule has 0 saturated heterocycles. The Kier molecular flexibility index (Phi) is 123. The maximum atomic E-state index is 11.2. The first-order valence-corrected chi connectivity index (χ1v) is 19.8. The monoisotopic (exact) mass is 1160 g/mol. The number of nitrogens with two attached hydrogens (primary N) is 1. The molecule has 0 amide bonds. The van der Waals surface area contributed by atoms with E-state index in [1.807, 2.05) is 65.3 Å². The van der Waals surface area contributed by atoms with Crippen molar-refractivity contribution in [2.45, 2.75) is 98.2 Å². The first-order valence-electron chi connectivity index (χ1n) is 10.1. The molecule has 16 heteroatoms. The summed E-state index contributed by atoms with van der Waals surface area (Å²) in [6, 6.07) is 0.125. The van der Waals surface area contributed by atoms with Crippen LogP contribution >= 0.6 is 90.4 Å². The molecule has 6 nitrogen and oxygen atoms in total. The Morgan fingerprint density at radius 1 is 0.850 bits per heavy atom. The summed E-state index contributed by atoms with van der Waals surface area (Å²) in [5.74, 6) is -0.0833. The average Bonchev–Trinajstić information content (AvgIpc) is 2.63. The van der Waals surface area contributed by atoms with Crippen LogP contribution in [0.1, 0.15) is 76.7 Å². The van der Waals surface area contributed by atoms with Gasteiger partial charge in [-0.25, -0.2) is 12.8 Å². The SMILES string of the molecule is C.CI.CI.ICI.[CH2-]C(C)=NS(=O)C(C)(C)C.[CH2-]C(C)=O.[CH2-]C(C)N.[CH2-]C(C)NS(=O)C(C)(C)C.[K+].[K+].[K+].[K+]. The number of carbonyl (C=O) groups is 1. The normalized spacial score (nSPS) is 11.8. The van der Waals surface area contributed by atoms with E-state index in [9.17, 15) is 13.2 Å². The van der Waals surface area contributed by atoms with Crippen LogP contribution in [0.4, 0.5) is 0 Å². The van der Waals surface area contributed by atoms with Crippen LogP contribution in [0, 0.1) is 27.7 Å². The molecule has 0 aromatic carbocycles. The van der Waals surface area contributed by atoms with Crippen molar-refractivity contribution >= 4 is 124 Å². The Hall–Kier alpha value is 8.77. The molecule has 0 aromatic rings. The first-order chi connectivity index (χ1) is 15.6. The number of hydrogen-bond donors (Lipinski definition) is 2. The molecule has 0 heterocycles. The number of Topliss-reactive ketones (excluding diaryl/α,β-unsaturated/α-hetero) is 1. The number of ketones is 1. The van der Waals surface area contributed by atoms with Crippen molar-refractivity contribution in [2.24, 2.45) is 10.1 Å². The van der Waals surface area contributed by atoms with Crippen LogP contribution in [0.25, 0.3) is 0 Å². The minimum absolute atomic E-state index is 0. The van der Waals surface area contributed by atoms with Crippen molar-refractivity contribution < 1.29 is 219 Å². The van der Waals surface area contributed by atoms with Crippen LogP contribution in [0.5, 0.6) is 0 Å². The van der Waals surface area contributed by atoms with E-state index in [2.05, 4.69) is 127 Å². The molecule has 0 saturated carbocycles. The predicted molar refractivity (Wildman–Crippen MR) is 207 cm³/mol. The van der Waals surface area contributed by atoms with E-state index in [-0.39, 0.29) is 240 Å². The minimum Gasteiger partial charge on any atom is -0.360 e. The van der Waals surface area contributed by atoms with E-state index in [0.29, 0.717) is 5.71 Å². The van der Waals surface area contributed by atoms with Gasteiger partial charge in [-0.2, -0.15) is 0 Å². The van der Waals surface area contributed by atoms with E-state index >= 15 is 0 Å². The zero-order valence-corrected chi connectivity index (χ0v) is 50.5. The molecule has 0 aromatic heterocycles. The van der Waals surface area contributed by atoms with Gasteiger partial charge in [0.25, 0.3) is 0 Å².